The van der Waals surface area contributed by atoms with E-state index < -0.39 is 12.7 Å². The van der Waals surface area contributed by atoms with Gasteiger partial charge in [0.25, 0.3) is 0 Å². The number of alkyl halides is 3. The van der Waals surface area contributed by atoms with Gasteiger partial charge in [-0.25, -0.2) is 4.98 Å². The van der Waals surface area contributed by atoms with Gasteiger partial charge in [0, 0.05) is 19.1 Å². The SMILES string of the molecule is CCN(Cc1ncc(Cl)s1)C1CCN(CC(F)(F)F)C1. The maximum atomic E-state index is 12.4. The van der Waals surface area contributed by atoms with Gasteiger partial charge in [-0.2, -0.15) is 13.2 Å². The van der Waals surface area contributed by atoms with Gasteiger partial charge in [0.15, 0.2) is 0 Å². The molecule has 114 valence electrons. The second-order valence-electron chi connectivity index (χ2n) is 4.91. The molecule has 0 bridgehead atoms. The van der Waals surface area contributed by atoms with E-state index in [2.05, 4.69) is 9.88 Å². The van der Waals surface area contributed by atoms with E-state index in [1.54, 1.807) is 6.20 Å². The largest absolute Gasteiger partial charge is 0.401 e. The Kier molecular flexibility index (Phi) is 5.28. The molecule has 20 heavy (non-hydrogen) atoms. The molecule has 1 fully saturated rings. The van der Waals surface area contributed by atoms with Crippen LogP contribution in [0, 0.1) is 0 Å². The van der Waals surface area contributed by atoms with Gasteiger partial charge >= 0.3 is 6.18 Å². The van der Waals surface area contributed by atoms with Crippen LogP contribution in [0.3, 0.4) is 0 Å². The maximum absolute atomic E-state index is 12.4. The van der Waals surface area contributed by atoms with Gasteiger partial charge in [-0.15, -0.1) is 11.3 Å². The number of halogens is 4. The summed E-state index contributed by atoms with van der Waals surface area (Å²) in [7, 11) is 0. The first-order valence-electron chi connectivity index (χ1n) is 6.50. The zero-order valence-corrected chi connectivity index (χ0v) is 12.7. The quantitative estimate of drug-likeness (QED) is 0.827. The predicted molar refractivity (Wildman–Crippen MR) is 74.1 cm³/mol. The fourth-order valence-corrected chi connectivity index (χ4v) is 3.52. The molecule has 2 rings (SSSR count). The van der Waals surface area contributed by atoms with E-state index in [1.807, 2.05) is 6.92 Å². The summed E-state index contributed by atoms with van der Waals surface area (Å²) < 4.78 is 37.8. The standard InChI is InChI=1S/C12H17ClF3N3S/c1-2-19(7-11-17-5-10(13)20-11)9-3-4-18(6-9)8-12(14,15)16/h5,9H,2-4,6-8H2,1H3. The van der Waals surface area contributed by atoms with Crippen molar-refractivity contribution >= 4 is 22.9 Å². The van der Waals surface area contributed by atoms with Gasteiger partial charge in [-0.3, -0.25) is 9.80 Å². The van der Waals surface area contributed by atoms with E-state index in [9.17, 15) is 13.2 Å². The Morgan fingerprint density at radius 2 is 2.30 bits per heavy atom. The molecule has 0 aromatic carbocycles. The number of aromatic nitrogens is 1. The molecule has 1 aliphatic rings. The highest BCUT2D eigenvalue weighted by Crippen LogP contribution is 2.25. The first-order valence-corrected chi connectivity index (χ1v) is 7.70. The lowest BCUT2D eigenvalue weighted by molar-refractivity contribution is -0.143. The lowest BCUT2D eigenvalue weighted by Gasteiger charge is -2.27. The molecule has 0 saturated carbocycles. The average Bonchev–Trinajstić information content (AvgIpc) is 2.93. The summed E-state index contributed by atoms with van der Waals surface area (Å²) in [5, 5.41) is 0.908. The lowest BCUT2D eigenvalue weighted by Crippen LogP contribution is -2.39. The normalized spacial score (nSPS) is 21.0. The Balaban J connectivity index is 1.89. The first-order chi connectivity index (χ1) is 9.37. The Labute approximate surface area is 125 Å². The number of likely N-dealkylation sites (tertiary alicyclic amines) is 1. The second kappa shape index (κ2) is 6.60. The molecule has 0 spiro atoms. The number of hydrogen-bond acceptors (Lipinski definition) is 4. The summed E-state index contributed by atoms with van der Waals surface area (Å²) in [6.07, 6.45) is -1.74. The van der Waals surface area contributed by atoms with Gasteiger partial charge in [-0.1, -0.05) is 18.5 Å². The predicted octanol–water partition coefficient (Wildman–Crippen LogP) is 3.26. The number of rotatable bonds is 5. The molecule has 1 unspecified atom stereocenters. The van der Waals surface area contributed by atoms with Crippen LogP contribution in [-0.4, -0.2) is 53.2 Å². The molecular weight excluding hydrogens is 311 g/mol. The Morgan fingerprint density at radius 1 is 1.55 bits per heavy atom. The fraction of sp³-hybridized carbons (Fsp3) is 0.750. The van der Waals surface area contributed by atoms with Crippen LogP contribution in [-0.2, 0) is 6.54 Å². The zero-order valence-electron chi connectivity index (χ0n) is 11.2. The van der Waals surface area contributed by atoms with Crippen molar-refractivity contribution in [2.75, 3.05) is 26.2 Å². The van der Waals surface area contributed by atoms with E-state index in [-0.39, 0.29) is 6.04 Å². The molecule has 1 aromatic heterocycles. The van der Waals surface area contributed by atoms with E-state index in [0.717, 1.165) is 18.0 Å². The smallest absolute Gasteiger partial charge is 0.293 e. The molecule has 0 amide bonds. The van der Waals surface area contributed by atoms with Crippen LogP contribution in [0.5, 0.6) is 0 Å². The highest BCUT2D eigenvalue weighted by molar-refractivity contribution is 7.15. The minimum absolute atomic E-state index is 0.157. The summed E-state index contributed by atoms with van der Waals surface area (Å²) in [5.41, 5.74) is 0. The van der Waals surface area contributed by atoms with E-state index in [4.69, 9.17) is 11.6 Å². The first kappa shape index (κ1) is 16.0. The summed E-state index contributed by atoms with van der Waals surface area (Å²) in [4.78, 5) is 7.85. The zero-order chi connectivity index (χ0) is 14.8. The molecule has 1 saturated heterocycles. The Bertz CT molecular complexity index is 438. The number of thiazole rings is 1. The van der Waals surface area contributed by atoms with Crippen molar-refractivity contribution in [2.24, 2.45) is 0 Å². The highest BCUT2D eigenvalue weighted by atomic mass is 35.5. The van der Waals surface area contributed by atoms with Crippen molar-refractivity contribution < 1.29 is 13.2 Å². The van der Waals surface area contributed by atoms with Gasteiger partial charge < -0.3 is 0 Å². The van der Waals surface area contributed by atoms with Crippen molar-refractivity contribution in [3.63, 3.8) is 0 Å². The fourth-order valence-electron chi connectivity index (χ4n) is 2.54. The number of nitrogens with zero attached hydrogens (tertiary/aromatic N) is 3. The minimum Gasteiger partial charge on any atom is -0.293 e. The molecule has 0 N–H and O–H groups in total. The summed E-state index contributed by atoms with van der Waals surface area (Å²) in [6, 6.07) is 0.157. The van der Waals surface area contributed by atoms with Crippen molar-refractivity contribution in [3.05, 3.63) is 15.5 Å². The van der Waals surface area contributed by atoms with Gasteiger partial charge in [-0.05, 0) is 13.0 Å². The van der Waals surface area contributed by atoms with Crippen molar-refractivity contribution in [1.29, 1.82) is 0 Å². The van der Waals surface area contributed by atoms with E-state index >= 15 is 0 Å². The third-order valence-electron chi connectivity index (χ3n) is 3.44. The second-order valence-corrected chi connectivity index (χ2v) is 6.66. The van der Waals surface area contributed by atoms with Crippen molar-refractivity contribution in [2.45, 2.75) is 32.1 Å². The molecule has 1 atom stereocenters. The molecule has 0 aliphatic carbocycles. The molecule has 8 heteroatoms. The van der Waals surface area contributed by atoms with Gasteiger partial charge in [0.2, 0.25) is 0 Å². The van der Waals surface area contributed by atoms with E-state index in [1.165, 1.54) is 16.2 Å². The summed E-state index contributed by atoms with van der Waals surface area (Å²) in [6.45, 7) is 3.61. The van der Waals surface area contributed by atoms with Gasteiger partial charge in [0.05, 0.1) is 19.3 Å². The van der Waals surface area contributed by atoms with Crippen molar-refractivity contribution in [1.82, 2.24) is 14.8 Å². The third-order valence-corrected chi connectivity index (χ3v) is 4.54. The molecule has 2 heterocycles. The summed E-state index contributed by atoms with van der Waals surface area (Å²) >= 11 is 7.27. The van der Waals surface area contributed by atoms with Crippen LogP contribution < -0.4 is 0 Å². The van der Waals surface area contributed by atoms with Crippen molar-refractivity contribution in [3.8, 4) is 0 Å². The third kappa shape index (κ3) is 4.58. The van der Waals surface area contributed by atoms with Crippen LogP contribution in [0.15, 0.2) is 6.20 Å². The Morgan fingerprint density at radius 3 is 2.85 bits per heavy atom. The number of likely N-dealkylation sites (N-methyl/N-ethyl adjacent to an activating group) is 1. The molecule has 1 aromatic rings. The van der Waals surface area contributed by atoms with Crippen LogP contribution in [0.25, 0.3) is 0 Å². The minimum atomic E-state index is -4.12. The van der Waals surface area contributed by atoms with E-state index in [0.29, 0.717) is 24.0 Å². The Hall–Kier alpha value is -0.370. The van der Waals surface area contributed by atoms with Crippen LogP contribution >= 0.6 is 22.9 Å². The van der Waals surface area contributed by atoms with Crippen LogP contribution in [0.4, 0.5) is 13.2 Å². The maximum Gasteiger partial charge on any atom is 0.401 e. The highest BCUT2D eigenvalue weighted by Gasteiger charge is 2.35. The molecule has 3 nitrogen and oxygen atoms in total. The van der Waals surface area contributed by atoms with Crippen LogP contribution in [0.2, 0.25) is 4.34 Å². The molecule has 1 aliphatic heterocycles. The number of hydrogen-bond donors (Lipinski definition) is 0. The topological polar surface area (TPSA) is 19.4 Å². The average molecular weight is 328 g/mol. The lowest BCUT2D eigenvalue weighted by atomic mass is 10.2. The molecular formula is C12H17ClF3N3S. The molecule has 0 radical (unpaired) electrons. The van der Waals surface area contributed by atoms with Crippen LogP contribution in [0.1, 0.15) is 18.4 Å². The van der Waals surface area contributed by atoms with Gasteiger partial charge in [0.1, 0.15) is 9.34 Å². The monoisotopic (exact) mass is 327 g/mol. The summed E-state index contributed by atoms with van der Waals surface area (Å²) in [5.74, 6) is 0.